The topological polar surface area (TPSA) is 94.6 Å². The average molecular weight is 357 g/mol. The zero-order valence-corrected chi connectivity index (χ0v) is 13.5. The molecule has 2 aromatic rings. The van der Waals surface area contributed by atoms with E-state index in [0.717, 1.165) is 0 Å². The molecule has 1 heterocycles. The Morgan fingerprint density at radius 1 is 1.39 bits per heavy atom. The number of nitrogens with zero attached hydrogens (tertiary/aromatic N) is 1. The first kappa shape index (κ1) is 17.2. The molecule has 0 saturated carbocycles. The number of halogens is 1. The molecule has 0 atom stereocenters. The summed E-state index contributed by atoms with van der Waals surface area (Å²) < 4.78 is 10.8. The maximum Gasteiger partial charge on any atom is 0.287 e. The summed E-state index contributed by atoms with van der Waals surface area (Å²) in [4.78, 5) is 21.9. The van der Waals surface area contributed by atoms with Crippen LogP contribution >= 0.6 is 24.2 Å². The van der Waals surface area contributed by atoms with Crippen LogP contribution in [0.3, 0.4) is 0 Å². The van der Waals surface area contributed by atoms with Gasteiger partial charge >= 0.3 is 0 Å². The van der Waals surface area contributed by atoms with Gasteiger partial charge in [-0.05, 0) is 18.2 Å². The first-order chi connectivity index (χ1) is 11.0. The number of nitrogens with one attached hydrogen (secondary N) is 1. The van der Waals surface area contributed by atoms with Crippen LogP contribution in [0.25, 0.3) is 0 Å². The van der Waals surface area contributed by atoms with E-state index in [1.165, 1.54) is 24.3 Å². The Labute approximate surface area is 142 Å². The monoisotopic (exact) mass is 356 g/mol. The number of furan rings is 1. The second kappa shape index (κ2) is 7.89. The molecule has 23 heavy (non-hydrogen) atoms. The molecule has 0 aliphatic rings. The largest absolute Gasteiger partial charge is 0.484 e. The van der Waals surface area contributed by atoms with Crippen molar-refractivity contribution >= 4 is 35.8 Å². The number of amides is 1. The van der Waals surface area contributed by atoms with Crippen LogP contribution in [0.2, 0.25) is 5.02 Å². The molecule has 0 unspecified atom stereocenters. The third-order valence-electron chi connectivity index (χ3n) is 2.78. The van der Waals surface area contributed by atoms with E-state index in [1.807, 2.05) is 0 Å². The molecule has 0 saturated heterocycles. The standard InChI is InChI=1S/C14H13ClN2O5S/c15-11-3-1-9(17(19)20)7-13(11)21-8-10-2-4-12(22-10)14(18)16-5-6-23/h1-4,7,23H,5-6,8H2,(H,16,18). The Hall–Kier alpha value is -2.19. The predicted molar refractivity (Wildman–Crippen MR) is 87.3 cm³/mol. The lowest BCUT2D eigenvalue weighted by Gasteiger charge is -2.06. The van der Waals surface area contributed by atoms with Crippen molar-refractivity contribution in [2.45, 2.75) is 6.61 Å². The van der Waals surface area contributed by atoms with Crippen LogP contribution in [0.4, 0.5) is 5.69 Å². The molecule has 0 fully saturated rings. The van der Waals surface area contributed by atoms with E-state index in [4.69, 9.17) is 20.8 Å². The van der Waals surface area contributed by atoms with Crippen molar-refractivity contribution in [2.24, 2.45) is 0 Å². The summed E-state index contributed by atoms with van der Waals surface area (Å²) in [5.41, 5.74) is -0.129. The highest BCUT2D eigenvalue weighted by atomic mass is 35.5. The van der Waals surface area contributed by atoms with Crippen molar-refractivity contribution in [1.82, 2.24) is 5.32 Å². The predicted octanol–water partition coefficient (Wildman–Crippen LogP) is 3.08. The van der Waals surface area contributed by atoms with E-state index < -0.39 is 4.92 Å². The van der Waals surface area contributed by atoms with Crippen LogP contribution in [-0.2, 0) is 6.61 Å². The van der Waals surface area contributed by atoms with Crippen molar-refractivity contribution in [3.8, 4) is 5.75 Å². The van der Waals surface area contributed by atoms with Gasteiger partial charge in [-0.15, -0.1) is 0 Å². The fourth-order valence-electron chi connectivity index (χ4n) is 1.70. The summed E-state index contributed by atoms with van der Waals surface area (Å²) in [6.45, 7) is 0.415. The van der Waals surface area contributed by atoms with Gasteiger partial charge in [0.25, 0.3) is 11.6 Å². The molecule has 0 spiro atoms. The van der Waals surface area contributed by atoms with Crippen molar-refractivity contribution in [3.63, 3.8) is 0 Å². The lowest BCUT2D eigenvalue weighted by atomic mass is 10.3. The Morgan fingerprint density at radius 2 is 2.17 bits per heavy atom. The Morgan fingerprint density at radius 3 is 2.87 bits per heavy atom. The zero-order chi connectivity index (χ0) is 16.8. The number of thiol groups is 1. The first-order valence-electron chi connectivity index (χ1n) is 6.55. The van der Waals surface area contributed by atoms with Crippen molar-refractivity contribution in [3.05, 3.63) is 57.0 Å². The van der Waals surface area contributed by atoms with Gasteiger partial charge in [0.05, 0.1) is 16.0 Å². The molecular weight excluding hydrogens is 344 g/mol. The maximum atomic E-state index is 11.7. The number of carbonyl (C=O) groups is 1. The van der Waals surface area contributed by atoms with Crippen LogP contribution in [0.5, 0.6) is 5.75 Å². The van der Waals surface area contributed by atoms with Crippen molar-refractivity contribution < 1.29 is 18.9 Å². The van der Waals surface area contributed by atoms with Gasteiger partial charge in [0.15, 0.2) is 5.76 Å². The van der Waals surface area contributed by atoms with Crippen LogP contribution < -0.4 is 10.1 Å². The highest BCUT2D eigenvalue weighted by molar-refractivity contribution is 7.80. The summed E-state index contributed by atoms with van der Waals surface area (Å²) in [6, 6.07) is 6.99. The van der Waals surface area contributed by atoms with Crippen LogP contribution in [-0.4, -0.2) is 23.1 Å². The quantitative estimate of drug-likeness (QED) is 0.451. The second-order valence-electron chi connectivity index (χ2n) is 4.41. The summed E-state index contributed by atoms with van der Waals surface area (Å²) in [6.07, 6.45) is 0. The minimum Gasteiger partial charge on any atom is -0.484 e. The maximum absolute atomic E-state index is 11.7. The van der Waals surface area contributed by atoms with Crippen LogP contribution in [0.15, 0.2) is 34.7 Å². The molecule has 0 radical (unpaired) electrons. The molecule has 9 heteroatoms. The minimum atomic E-state index is -0.542. The smallest absolute Gasteiger partial charge is 0.287 e. The molecule has 1 amide bonds. The molecule has 122 valence electrons. The number of rotatable bonds is 7. The number of benzene rings is 1. The third-order valence-corrected chi connectivity index (χ3v) is 3.31. The average Bonchev–Trinajstić information content (AvgIpc) is 3.00. The number of hydrogen-bond donors (Lipinski definition) is 2. The van der Waals surface area contributed by atoms with Gasteiger partial charge in [-0.1, -0.05) is 11.6 Å². The Balaban J connectivity index is 2.01. The van der Waals surface area contributed by atoms with E-state index in [9.17, 15) is 14.9 Å². The molecule has 7 nitrogen and oxygen atoms in total. The normalized spacial score (nSPS) is 10.3. The highest BCUT2D eigenvalue weighted by Gasteiger charge is 2.13. The number of hydrogen-bond acceptors (Lipinski definition) is 6. The summed E-state index contributed by atoms with van der Waals surface area (Å²) in [7, 11) is 0. The molecule has 1 N–H and O–H groups in total. The number of non-ortho nitro benzene ring substituents is 1. The molecule has 0 aliphatic carbocycles. The fraction of sp³-hybridized carbons (Fsp3) is 0.214. The SMILES string of the molecule is O=C(NCCS)c1ccc(COc2cc([N+](=O)[O-])ccc2Cl)o1. The van der Waals surface area contributed by atoms with E-state index in [1.54, 1.807) is 6.07 Å². The van der Waals surface area contributed by atoms with Crippen LogP contribution in [0, 0.1) is 10.1 Å². The van der Waals surface area contributed by atoms with E-state index >= 15 is 0 Å². The van der Waals surface area contributed by atoms with Gasteiger partial charge in [0, 0.05) is 18.4 Å². The summed E-state index contributed by atoms with van der Waals surface area (Å²) >= 11 is 9.92. The fourth-order valence-corrected chi connectivity index (χ4v) is 1.98. The minimum absolute atomic E-state index is 0.0132. The lowest BCUT2D eigenvalue weighted by Crippen LogP contribution is -2.24. The molecule has 0 bridgehead atoms. The van der Waals surface area contributed by atoms with Gasteiger partial charge in [-0.2, -0.15) is 12.6 Å². The van der Waals surface area contributed by atoms with Crippen LogP contribution in [0.1, 0.15) is 16.3 Å². The lowest BCUT2D eigenvalue weighted by molar-refractivity contribution is -0.384. The Kier molecular flexibility index (Phi) is 5.89. The van der Waals surface area contributed by atoms with Gasteiger partial charge in [-0.25, -0.2) is 0 Å². The number of nitro benzene ring substituents is 1. The van der Waals surface area contributed by atoms with Crippen molar-refractivity contribution in [2.75, 3.05) is 12.3 Å². The second-order valence-corrected chi connectivity index (χ2v) is 5.26. The van der Waals surface area contributed by atoms with Crippen molar-refractivity contribution in [1.29, 1.82) is 0 Å². The third kappa shape index (κ3) is 4.64. The molecule has 0 aliphatic heterocycles. The number of ether oxygens (including phenoxy) is 1. The van der Waals surface area contributed by atoms with Gasteiger partial charge in [-0.3, -0.25) is 14.9 Å². The molecule has 1 aromatic heterocycles. The summed E-state index contributed by atoms with van der Waals surface area (Å²) in [5.74, 6) is 0.879. The summed E-state index contributed by atoms with van der Waals surface area (Å²) in [5, 5.41) is 13.6. The van der Waals surface area contributed by atoms with Gasteiger partial charge < -0.3 is 14.5 Å². The highest BCUT2D eigenvalue weighted by Crippen LogP contribution is 2.29. The van der Waals surface area contributed by atoms with E-state index in [2.05, 4.69) is 17.9 Å². The van der Waals surface area contributed by atoms with E-state index in [0.29, 0.717) is 18.1 Å². The molecule has 1 aromatic carbocycles. The van der Waals surface area contributed by atoms with Gasteiger partial charge in [0.1, 0.15) is 18.1 Å². The van der Waals surface area contributed by atoms with Gasteiger partial charge in [0.2, 0.25) is 0 Å². The molecular formula is C14H13ClN2O5S. The number of carbonyl (C=O) groups excluding carboxylic acids is 1. The zero-order valence-electron chi connectivity index (χ0n) is 11.8. The van der Waals surface area contributed by atoms with E-state index in [-0.39, 0.29) is 34.7 Å². The first-order valence-corrected chi connectivity index (χ1v) is 7.57. The number of nitro groups is 1. The Bertz CT molecular complexity index is 719. The molecule has 2 rings (SSSR count).